The zero-order chi connectivity index (χ0) is 12.6. The van der Waals surface area contributed by atoms with Crippen molar-refractivity contribution in [2.75, 3.05) is 0 Å². The number of pyridine rings is 1. The Bertz CT molecular complexity index is 637. The number of Topliss-reactive ketones (excluding diaryl/α,β-unsaturated/α-hetero) is 1. The zero-order valence-electron chi connectivity index (χ0n) is 8.88. The molecule has 0 aliphatic rings. The van der Waals surface area contributed by atoms with Crippen molar-refractivity contribution in [3.05, 3.63) is 40.1 Å². The van der Waals surface area contributed by atoms with Crippen LogP contribution in [-0.4, -0.2) is 20.8 Å². The molecular formula is C11H8N2O4. The van der Waals surface area contributed by atoms with Crippen LogP contribution in [0.15, 0.2) is 24.4 Å². The van der Waals surface area contributed by atoms with E-state index in [1.807, 2.05) is 0 Å². The van der Waals surface area contributed by atoms with Gasteiger partial charge >= 0.3 is 5.69 Å². The lowest BCUT2D eigenvalue weighted by Crippen LogP contribution is -1.98. The molecule has 0 atom stereocenters. The first-order valence-corrected chi connectivity index (χ1v) is 4.78. The number of phenolic OH excluding ortho intramolecular Hbond substituents is 1. The molecule has 0 spiro atoms. The molecule has 17 heavy (non-hydrogen) atoms. The van der Waals surface area contributed by atoms with Gasteiger partial charge in [0, 0.05) is 23.2 Å². The van der Waals surface area contributed by atoms with Gasteiger partial charge in [0.25, 0.3) is 0 Å². The Morgan fingerprint density at radius 1 is 1.53 bits per heavy atom. The third kappa shape index (κ3) is 1.69. The van der Waals surface area contributed by atoms with E-state index in [1.54, 1.807) is 12.1 Å². The number of ketones is 1. The molecule has 0 unspecified atom stereocenters. The highest BCUT2D eigenvalue weighted by Crippen LogP contribution is 2.35. The summed E-state index contributed by atoms with van der Waals surface area (Å²) >= 11 is 0. The van der Waals surface area contributed by atoms with Crippen LogP contribution in [0.4, 0.5) is 5.69 Å². The van der Waals surface area contributed by atoms with Crippen LogP contribution in [0.3, 0.4) is 0 Å². The number of nitrogens with zero attached hydrogens (tertiary/aromatic N) is 2. The van der Waals surface area contributed by atoms with E-state index >= 15 is 0 Å². The molecule has 0 aliphatic heterocycles. The summed E-state index contributed by atoms with van der Waals surface area (Å²) in [6.07, 6.45) is 1.40. The Morgan fingerprint density at radius 2 is 2.24 bits per heavy atom. The van der Waals surface area contributed by atoms with Crippen LogP contribution < -0.4 is 0 Å². The van der Waals surface area contributed by atoms with Crippen molar-refractivity contribution < 1.29 is 14.8 Å². The number of nitro benzene ring substituents is 1. The molecule has 2 rings (SSSR count). The molecule has 2 aromatic rings. The van der Waals surface area contributed by atoms with Crippen LogP contribution in [0.2, 0.25) is 0 Å². The van der Waals surface area contributed by atoms with Crippen molar-refractivity contribution in [2.45, 2.75) is 6.92 Å². The molecule has 1 N–H and O–H groups in total. The van der Waals surface area contributed by atoms with E-state index in [1.165, 1.54) is 13.1 Å². The second-order valence-corrected chi connectivity index (χ2v) is 3.50. The van der Waals surface area contributed by atoms with Gasteiger partial charge in [-0.25, -0.2) is 0 Å². The number of aromatic hydroxyl groups is 1. The van der Waals surface area contributed by atoms with E-state index in [-0.39, 0.29) is 16.9 Å². The summed E-state index contributed by atoms with van der Waals surface area (Å²) in [6.45, 7) is 1.31. The number of carbonyl (C=O) groups excluding carboxylic acids is 1. The highest BCUT2D eigenvalue weighted by atomic mass is 16.6. The van der Waals surface area contributed by atoms with Crippen LogP contribution in [0.1, 0.15) is 17.3 Å². The summed E-state index contributed by atoms with van der Waals surface area (Å²) in [7, 11) is 0. The summed E-state index contributed by atoms with van der Waals surface area (Å²) < 4.78 is 0. The summed E-state index contributed by atoms with van der Waals surface area (Å²) in [5.74, 6) is -0.832. The normalized spacial score (nSPS) is 10.4. The first-order valence-electron chi connectivity index (χ1n) is 4.78. The van der Waals surface area contributed by atoms with Gasteiger partial charge in [0.1, 0.15) is 5.52 Å². The Morgan fingerprint density at radius 3 is 2.82 bits per heavy atom. The zero-order valence-corrected chi connectivity index (χ0v) is 8.88. The van der Waals surface area contributed by atoms with Gasteiger partial charge in [0.2, 0.25) is 5.75 Å². The molecular weight excluding hydrogens is 224 g/mol. The Labute approximate surface area is 95.7 Å². The maximum Gasteiger partial charge on any atom is 0.313 e. The first-order chi connectivity index (χ1) is 8.02. The maximum atomic E-state index is 11.4. The maximum absolute atomic E-state index is 11.4. The quantitative estimate of drug-likeness (QED) is 0.485. The molecule has 0 saturated heterocycles. The predicted octanol–water partition coefficient (Wildman–Crippen LogP) is 2.05. The largest absolute Gasteiger partial charge is 0.501 e. The molecule has 1 heterocycles. The van der Waals surface area contributed by atoms with Crippen molar-refractivity contribution in [2.24, 2.45) is 0 Å². The van der Waals surface area contributed by atoms with Crippen LogP contribution in [0, 0.1) is 10.1 Å². The fraction of sp³-hybridized carbons (Fsp3) is 0.0909. The fourth-order valence-electron chi connectivity index (χ4n) is 1.65. The Hall–Kier alpha value is -2.50. The Kier molecular flexibility index (Phi) is 2.47. The fourth-order valence-corrected chi connectivity index (χ4v) is 1.65. The molecule has 0 aliphatic carbocycles. The first kappa shape index (κ1) is 11.0. The smallest absolute Gasteiger partial charge is 0.313 e. The van der Waals surface area contributed by atoms with E-state index in [9.17, 15) is 20.0 Å². The molecule has 1 aromatic carbocycles. The highest BCUT2D eigenvalue weighted by Gasteiger charge is 2.21. The molecule has 86 valence electrons. The molecule has 1 aromatic heterocycles. The van der Waals surface area contributed by atoms with Crippen LogP contribution in [0.25, 0.3) is 10.9 Å². The van der Waals surface area contributed by atoms with E-state index in [0.29, 0.717) is 5.39 Å². The Balaban J connectivity index is 2.94. The molecule has 0 saturated carbocycles. The minimum atomic E-state index is -0.740. The van der Waals surface area contributed by atoms with E-state index in [0.717, 1.165) is 6.07 Å². The average Bonchev–Trinajstić information content (AvgIpc) is 2.29. The summed E-state index contributed by atoms with van der Waals surface area (Å²) in [6, 6.07) is 4.25. The van der Waals surface area contributed by atoms with Crippen molar-refractivity contribution in [3.8, 4) is 5.75 Å². The number of carbonyl (C=O) groups is 1. The van der Waals surface area contributed by atoms with Crippen LogP contribution >= 0.6 is 0 Å². The lowest BCUT2D eigenvalue weighted by molar-refractivity contribution is -0.385. The summed E-state index contributed by atoms with van der Waals surface area (Å²) in [5, 5.41) is 20.9. The van der Waals surface area contributed by atoms with E-state index in [4.69, 9.17) is 0 Å². The number of nitro groups is 1. The highest BCUT2D eigenvalue weighted by molar-refractivity contribution is 6.08. The lowest BCUT2D eigenvalue weighted by atomic mass is 10.0. The van der Waals surface area contributed by atoms with Crippen LogP contribution in [0.5, 0.6) is 5.75 Å². The van der Waals surface area contributed by atoms with Gasteiger partial charge < -0.3 is 5.11 Å². The number of benzene rings is 1. The van der Waals surface area contributed by atoms with Crippen LogP contribution in [-0.2, 0) is 0 Å². The SMILES string of the molecule is CC(=O)c1cc([N+](=O)[O-])c(O)c2ncccc12. The van der Waals surface area contributed by atoms with Crippen molar-refractivity contribution in [1.82, 2.24) is 4.98 Å². The van der Waals surface area contributed by atoms with Gasteiger partial charge in [0.05, 0.1) is 4.92 Å². The topological polar surface area (TPSA) is 93.3 Å². The minimum Gasteiger partial charge on any atom is -0.501 e. The number of rotatable bonds is 2. The van der Waals surface area contributed by atoms with E-state index in [2.05, 4.69) is 4.98 Å². The molecule has 6 nitrogen and oxygen atoms in total. The van der Waals surface area contributed by atoms with E-state index < -0.39 is 16.4 Å². The predicted molar refractivity (Wildman–Crippen MR) is 60.1 cm³/mol. The van der Waals surface area contributed by atoms with Gasteiger partial charge in [0.15, 0.2) is 5.78 Å². The second-order valence-electron chi connectivity index (χ2n) is 3.50. The number of phenols is 1. The number of fused-ring (bicyclic) bond motifs is 1. The number of hydrogen-bond acceptors (Lipinski definition) is 5. The van der Waals surface area contributed by atoms with Gasteiger partial charge in [-0.1, -0.05) is 6.07 Å². The average molecular weight is 232 g/mol. The molecule has 6 heteroatoms. The van der Waals surface area contributed by atoms with Crippen molar-refractivity contribution in [3.63, 3.8) is 0 Å². The van der Waals surface area contributed by atoms with Gasteiger partial charge in [-0.15, -0.1) is 0 Å². The van der Waals surface area contributed by atoms with Crippen molar-refractivity contribution >= 4 is 22.4 Å². The molecule has 0 bridgehead atoms. The minimum absolute atomic E-state index is 0.0619. The summed E-state index contributed by atoms with van der Waals surface area (Å²) in [4.78, 5) is 25.3. The van der Waals surface area contributed by atoms with Gasteiger partial charge in [-0.2, -0.15) is 0 Å². The number of aromatic nitrogens is 1. The monoisotopic (exact) mass is 232 g/mol. The lowest BCUT2D eigenvalue weighted by Gasteiger charge is -2.05. The third-order valence-electron chi connectivity index (χ3n) is 2.42. The molecule has 0 amide bonds. The van der Waals surface area contributed by atoms with Gasteiger partial charge in [-0.3, -0.25) is 19.9 Å². The number of hydrogen-bond donors (Lipinski definition) is 1. The molecule has 0 radical (unpaired) electrons. The third-order valence-corrected chi connectivity index (χ3v) is 2.42. The second kappa shape index (κ2) is 3.82. The van der Waals surface area contributed by atoms with Crippen molar-refractivity contribution in [1.29, 1.82) is 0 Å². The summed E-state index contributed by atoms with van der Waals surface area (Å²) in [5.41, 5.74) is -0.272. The van der Waals surface area contributed by atoms with Gasteiger partial charge in [-0.05, 0) is 13.0 Å². The molecule has 0 fully saturated rings. The standard InChI is InChI=1S/C11H8N2O4/c1-6(14)8-5-9(13(16)17)11(15)10-7(8)3-2-4-12-10/h2-5,15H,1H3.